The molecule has 17 heavy (non-hydrogen) atoms. The maximum Gasteiger partial charge on any atom is 0.0792 e. The normalized spacial score (nSPS) is 19.2. The largest absolute Gasteiger partial charge is 0.388 e. The quantitative estimate of drug-likeness (QED) is 0.830. The van der Waals surface area contributed by atoms with Gasteiger partial charge in [-0.2, -0.15) is 0 Å². The minimum absolute atomic E-state index is 0.325. The van der Waals surface area contributed by atoms with Crippen molar-refractivity contribution in [1.82, 2.24) is 0 Å². The molecule has 1 atom stereocenters. The lowest BCUT2D eigenvalue weighted by Crippen LogP contribution is -2.11. The van der Waals surface area contributed by atoms with Crippen molar-refractivity contribution in [3.05, 3.63) is 34.3 Å². The highest BCUT2D eigenvalue weighted by molar-refractivity contribution is 6.31. The van der Waals surface area contributed by atoms with Gasteiger partial charge in [-0.1, -0.05) is 55.8 Å². The SMILES string of the molecule is Cc1cc(C(O)CC2CCCCC2)ccc1Cl. The van der Waals surface area contributed by atoms with Gasteiger partial charge in [-0.05, 0) is 36.5 Å². The summed E-state index contributed by atoms with van der Waals surface area (Å²) in [6, 6.07) is 5.84. The predicted octanol–water partition coefficient (Wildman–Crippen LogP) is 4.65. The zero-order valence-electron chi connectivity index (χ0n) is 10.5. The van der Waals surface area contributed by atoms with Crippen molar-refractivity contribution >= 4 is 11.6 Å². The topological polar surface area (TPSA) is 20.2 Å². The Kier molecular flexibility index (Phi) is 4.47. The summed E-state index contributed by atoms with van der Waals surface area (Å²) in [7, 11) is 0. The second-order valence-electron chi connectivity index (χ2n) is 5.26. The van der Waals surface area contributed by atoms with Crippen LogP contribution in [0.4, 0.5) is 0 Å². The average molecular weight is 253 g/mol. The monoisotopic (exact) mass is 252 g/mol. The molecule has 1 aliphatic rings. The molecule has 0 bridgehead atoms. The van der Waals surface area contributed by atoms with Crippen LogP contribution in [0, 0.1) is 12.8 Å². The number of benzene rings is 1. The molecular formula is C15H21ClO. The van der Waals surface area contributed by atoms with Crippen LogP contribution in [0.1, 0.15) is 55.8 Å². The van der Waals surface area contributed by atoms with Gasteiger partial charge in [0.2, 0.25) is 0 Å². The van der Waals surface area contributed by atoms with E-state index in [0.29, 0.717) is 5.92 Å². The van der Waals surface area contributed by atoms with Gasteiger partial charge in [-0.3, -0.25) is 0 Å². The van der Waals surface area contributed by atoms with Crippen LogP contribution in [0.5, 0.6) is 0 Å². The van der Waals surface area contributed by atoms with Crippen molar-refractivity contribution in [1.29, 1.82) is 0 Å². The summed E-state index contributed by atoms with van der Waals surface area (Å²) in [5, 5.41) is 11.0. The van der Waals surface area contributed by atoms with Crippen molar-refractivity contribution < 1.29 is 5.11 Å². The van der Waals surface area contributed by atoms with E-state index in [1.54, 1.807) is 0 Å². The number of rotatable bonds is 3. The maximum absolute atomic E-state index is 10.2. The third kappa shape index (κ3) is 3.46. The van der Waals surface area contributed by atoms with Crippen molar-refractivity contribution in [2.75, 3.05) is 0 Å². The fraction of sp³-hybridized carbons (Fsp3) is 0.600. The molecule has 0 aliphatic heterocycles. The molecule has 94 valence electrons. The Hall–Kier alpha value is -0.530. The molecular weight excluding hydrogens is 232 g/mol. The Balaban J connectivity index is 1.98. The molecule has 0 aromatic heterocycles. The molecule has 2 rings (SSSR count). The van der Waals surface area contributed by atoms with Crippen molar-refractivity contribution in [3.8, 4) is 0 Å². The first-order valence-electron chi connectivity index (χ1n) is 6.61. The van der Waals surface area contributed by atoms with Crippen molar-refractivity contribution in [2.24, 2.45) is 5.92 Å². The third-order valence-corrected chi connectivity index (χ3v) is 4.27. The maximum atomic E-state index is 10.2. The third-order valence-electron chi connectivity index (χ3n) is 3.85. The van der Waals surface area contributed by atoms with E-state index in [0.717, 1.165) is 22.6 Å². The number of aryl methyl sites for hydroxylation is 1. The molecule has 2 heteroatoms. The van der Waals surface area contributed by atoms with Crippen molar-refractivity contribution in [2.45, 2.75) is 51.6 Å². The summed E-state index contributed by atoms with van der Waals surface area (Å²) in [5.74, 6) is 0.703. The molecule has 1 aliphatic carbocycles. The Morgan fingerprint density at radius 2 is 2.00 bits per heavy atom. The molecule has 0 saturated heterocycles. The van der Waals surface area contributed by atoms with Gasteiger partial charge in [0.25, 0.3) is 0 Å². The highest BCUT2D eigenvalue weighted by Gasteiger charge is 2.18. The second-order valence-corrected chi connectivity index (χ2v) is 5.67. The Morgan fingerprint density at radius 3 is 2.65 bits per heavy atom. The van der Waals surface area contributed by atoms with Gasteiger partial charge in [-0.15, -0.1) is 0 Å². The van der Waals surface area contributed by atoms with E-state index in [9.17, 15) is 5.11 Å². The fourth-order valence-electron chi connectivity index (χ4n) is 2.75. The van der Waals surface area contributed by atoms with Crippen LogP contribution < -0.4 is 0 Å². The van der Waals surface area contributed by atoms with E-state index in [1.807, 2.05) is 25.1 Å². The molecule has 1 unspecified atom stereocenters. The minimum Gasteiger partial charge on any atom is -0.388 e. The Morgan fingerprint density at radius 1 is 1.29 bits per heavy atom. The van der Waals surface area contributed by atoms with E-state index < -0.39 is 0 Å². The molecule has 0 spiro atoms. The van der Waals surface area contributed by atoms with Gasteiger partial charge in [0.15, 0.2) is 0 Å². The number of aliphatic hydroxyl groups is 1. The second kappa shape index (κ2) is 5.88. The van der Waals surface area contributed by atoms with Crippen LogP contribution in [-0.4, -0.2) is 5.11 Å². The van der Waals surface area contributed by atoms with Crippen LogP contribution in [0.25, 0.3) is 0 Å². The number of hydrogen-bond acceptors (Lipinski definition) is 1. The smallest absolute Gasteiger partial charge is 0.0792 e. The lowest BCUT2D eigenvalue weighted by Gasteiger charge is -2.24. The molecule has 1 fully saturated rings. The van der Waals surface area contributed by atoms with Gasteiger partial charge in [0.05, 0.1) is 6.10 Å². The highest BCUT2D eigenvalue weighted by Crippen LogP contribution is 2.32. The number of aliphatic hydroxyl groups excluding tert-OH is 1. The van der Waals surface area contributed by atoms with E-state index in [2.05, 4.69) is 0 Å². The number of halogens is 1. The Labute approximate surface area is 109 Å². The van der Waals surface area contributed by atoms with Gasteiger partial charge in [0.1, 0.15) is 0 Å². The molecule has 0 heterocycles. The van der Waals surface area contributed by atoms with E-state index in [-0.39, 0.29) is 6.10 Å². The summed E-state index contributed by atoms with van der Waals surface area (Å²) < 4.78 is 0. The first-order chi connectivity index (χ1) is 8.16. The highest BCUT2D eigenvalue weighted by atomic mass is 35.5. The van der Waals surface area contributed by atoms with Crippen LogP contribution in [-0.2, 0) is 0 Å². The zero-order chi connectivity index (χ0) is 12.3. The molecule has 1 N–H and O–H groups in total. The summed E-state index contributed by atoms with van der Waals surface area (Å²) in [4.78, 5) is 0. The van der Waals surface area contributed by atoms with Gasteiger partial charge in [-0.25, -0.2) is 0 Å². The molecule has 1 nitrogen and oxygen atoms in total. The number of hydrogen-bond donors (Lipinski definition) is 1. The van der Waals surface area contributed by atoms with E-state index >= 15 is 0 Å². The summed E-state index contributed by atoms with van der Waals surface area (Å²) >= 11 is 6.00. The predicted molar refractivity (Wildman–Crippen MR) is 72.3 cm³/mol. The molecule has 0 radical (unpaired) electrons. The minimum atomic E-state index is -0.325. The summed E-state index contributed by atoms with van der Waals surface area (Å²) in [6.07, 6.45) is 7.17. The summed E-state index contributed by atoms with van der Waals surface area (Å²) in [5.41, 5.74) is 2.06. The van der Waals surface area contributed by atoms with Crippen LogP contribution in [0.3, 0.4) is 0 Å². The molecule has 1 aromatic rings. The van der Waals surface area contributed by atoms with Gasteiger partial charge >= 0.3 is 0 Å². The van der Waals surface area contributed by atoms with E-state index in [1.165, 1.54) is 32.1 Å². The summed E-state index contributed by atoms with van der Waals surface area (Å²) in [6.45, 7) is 1.99. The average Bonchev–Trinajstić information content (AvgIpc) is 2.34. The first kappa shape index (κ1) is 12.9. The first-order valence-corrected chi connectivity index (χ1v) is 6.98. The van der Waals surface area contributed by atoms with E-state index in [4.69, 9.17) is 11.6 Å². The standard InChI is InChI=1S/C15H21ClO/c1-11-9-13(7-8-14(11)16)15(17)10-12-5-3-2-4-6-12/h7-9,12,15,17H,2-6,10H2,1H3. The van der Waals surface area contributed by atoms with Crippen LogP contribution in [0.15, 0.2) is 18.2 Å². The van der Waals surface area contributed by atoms with Gasteiger partial charge in [0, 0.05) is 5.02 Å². The fourth-order valence-corrected chi connectivity index (χ4v) is 2.87. The zero-order valence-corrected chi connectivity index (χ0v) is 11.2. The van der Waals surface area contributed by atoms with Gasteiger partial charge < -0.3 is 5.11 Å². The molecule has 1 aromatic carbocycles. The molecule has 1 saturated carbocycles. The van der Waals surface area contributed by atoms with Crippen molar-refractivity contribution in [3.63, 3.8) is 0 Å². The molecule has 0 amide bonds. The Bertz CT molecular complexity index is 369. The van der Waals surface area contributed by atoms with Crippen LogP contribution >= 0.6 is 11.6 Å². The lowest BCUT2D eigenvalue weighted by atomic mass is 9.84. The van der Waals surface area contributed by atoms with Crippen LogP contribution in [0.2, 0.25) is 5.02 Å². The lowest BCUT2D eigenvalue weighted by molar-refractivity contribution is 0.131.